The number of pyridine rings is 1. The summed E-state index contributed by atoms with van der Waals surface area (Å²) < 4.78 is 0. The number of nitrogen functional groups attached to an aromatic ring is 1. The number of aromatic nitrogens is 3. The van der Waals surface area contributed by atoms with Crippen LogP contribution in [0.5, 0.6) is 0 Å². The van der Waals surface area contributed by atoms with Crippen LogP contribution < -0.4 is 16.4 Å². The Bertz CT molecular complexity index is 687. The van der Waals surface area contributed by atoms with Gasteiger partial charge in [0.15, 0.2) is 0 Å². The van der Waals surface area contributed by atoms with Crippen LogP contribution in [0.2, 0.25) is 5.02 Å². The molecule has 1 saturated heterocycles. The second-order valence-electron chi connectivity index (χ2n) is 5.60. The Labute approximate surface area is 156 Å². The number of anilines is 2. The molecule has 5 N–H and O–H groups in total. The molecular formula is C16H23ClN6OS. The van der Waals surface area contributed by atoms with Gasteiger partial charge in [-0.25, -0.2) is 15.0 Å². The number of aliphatic hydroxyl groups is 1. The van der Waals surface area contributed by atoms with Crippen molar-refractivity contribution in [2.45, 2.75) is 29.4 Å². The van der Waals surface area contributed by atoms with Gasteiger partial charge in [0.1, 0.15) is 16.7 Å². The number of halogens is 1. The molecule has 1 fully saturated rings. The van der Waals surface area contributed by atoms with Crippen molar-refractivity contribution in [2.75, 3.05) is 30.8 Å². The van der Waals surface area contributed by atoms with Gasteiger partial charge in [-0.1, -0.05) is 30.3 Å². The van der Waals surface area contributed by atoms with E-state index in [1.165, 1.54) is 18.8 Å². The normalized spacial score (nSPS) is 20.0. The molecule has 7 nitrogen and oxygen atoms in total. The van der Waals surface area contributed by atoms with Crippen LogP contribution in [0, 0.1) is 5.92 Å². The van der Waals surface area contributed by atoms with Gasteiger partial charge in [-0.05, 0) is 25.5 Å². The fourth-order valence-corrected chi connectivity index (χ4v) is 3.40. The molecule has 3 heterocycles. The maximum Gasteiger partial charge on any atom is 0.147 e. The quantitative estimate of drug-likeness (QED) is 0.738. The lowest BCUT2D eigenvalue weighted by Gasteiger charge is -2.34. The van der Waals surface area contributed by atoms with Crippen LogP contribution in [-0.2, 0) is 0 Å². The van der Waals surface area contributed by atoms with E-state index in [9.17, 15) is 5.11 Å². The number of aliphatic hydroxyl groups excluding tert-OH is 1. The van der Waals surface area contributed by atoms with E-state index in [-0.39, 0.29) is 6.10 Å². The van der Waals surface area contributed by atoms with Gasteiger partial charge in [-0.2, -0.15) is 0 Å². The molecule has 9 heteroatoms. The van der Waals surface area contributed by atoms with E-state index in [0.29, 0.717) is 23.3 Å². The minimum absolute atomic E-state index is 0.303. The Morgan fingerprint density at radius 2 is 2.04 bits per heavy atom. The van der Waals surface area contributed by atoms with E-state index in [4.69, 9.17) is 17.3 Å². The minimum atomic E-state index is -0.321. The highest BCUT2D eigenvalue weighted by molar-refractivity contribution is 7.99. The number of piperidine rings is 1. The van der Waals surface area contributed by atoms with E-state index >= 15 is 0 Å². The molecule has 0 aliphatic carbocycles. The third-order valence-electron chi connectivity index (χ3n) is 3.95. The SMILES string of the molecule is CN.C[C@@H]1CCN(c2cnc(Sc3ccnc(N)c3Cl)cn2)C[C@@H]1O. The first-order valence-corrected chi connectivity index (χ1v) is 9.14. The molecule has 25 heavy (non-hydrogen) atoms. The molecular weight excluding hydrogens is 360 g/mol. The standard InChI is InChI=1S/C15H18ClN5OS.CH5N/c1-9-3-5-21(8-10(9)22)12-6-20-13(7-19-12)23-11-2-4-18-15(17)14(11)16;1-2/h2,4,6-7,9-10,22H,3,5,8H2,1H3,(H2,17,18);2H2,1H3/t9-,10+;/m1./s1. The van der Waals surface area contributed by atoms with Crippen molar-refractivity contribution < 1.29 is 5.11 Å². The molecule has 0 unspecified atom stereocenters. The van der Waals surface area contributed by atoms with Gasteiger partial charge in [0.25, 0.3) is 0 Å². The minimum Gasteiger partial charge on any atom is -0.391 e. The van der Waals surface area contributed by atoms with E-state index in [0.717, 1.165) is 28.7 Å². The van der Waals surface area contributed by atoms with Gasteiger partial charge in [0.2, 0.25) is 0 Å². The number of hydrogen-bond acceptors (Lipinski definition) is 8. The number of nitrogens with two attached hydrogens (primary N) is 2. The predicted molar refractivity (Wildman–Crippen MR) is 102 cm³/mol. The highest BCUT2D eigenvalue weighted by Crippen LogP contribution is 2.34. The summed E-state index contributed by atoms with van der Waals surface area (Å²) in [6.45, 7) is 3.54. The Morgan fingerprint density at radius 1 is 1.28 bits per heavy atom. The van der Waals surface area contributed by atoms with Crippen LogP contribution in [0.3, 0.4) is 0 Å². The van der Waals surface area contributed by atoms with Crippen LogP contribution in [0.1, 0.15) is 13.3 Å². The van der Waals surface area contributed by atoms with E-state index in [1.807, 2.05) is 0 Å². The van der Waals surface area contributed by atoms with E-state index in [2.05, 4.69) is 32.5 Å². The van der Waals surface area contributed by atoms with Gasteiger partial charge >= 0.3 is 0 Å². The maximum absolute atomic E-state index is 9.99. The first kappa shape index (κ1) is 19.7. The molecule has 136 valence electrons. The highest BCUT2D eigenvalue weighted by atomic mass is 35.5. The predicted octanol–water partition coefficient (Wildman–Crippen LogP) is 2.04. The molecule has 2 atom stereocenters. The maximum atomic E-state index is 9.99. The van der Waals surface area contributed by atoms with Crippen LogP contribution in [-0.4, -0.2) is 46.3 Å². The number of hydrogen-bond donors (Lipinski definition) is 3. The Morgan fingerprint density at radius 3 is 2.68 bits per heavy atom. The van der Waals surface area contributed by atoms with Crippen molar-refractivity contribution in [1.82, 2.24) is 15.0 Å². The van der Waals surface area contributed by atoms with Crippen molar-refractivity contribution in [1.29, 1.82) is 0 Å². The van der Waals surface area contributed by atoms with Crippen molar-refractivity contribution in [3.8, 4) is 0 Å². The lowest BCUT2D eigenvalue weighted by Crippen LogP contribution is -2.43. The summed E-state index contributed by atoms with van der Waals surface area (Å²) in [5.41, 5.74) is 10.2. The summed E-state index contributed by atoms with van der Waals surface area (Å²) in [5.74, 6) is 1.41. The molecule has 1 aliphatic heterocycles. The Hall–Kier alpha value is -1.61. The van der Waals surface area contributed by atoms with Crippen LogP contribution in [0.25, 0.3) is 0 Å². The molecule has 0 amide bonds. The molecule has 3 rings (SSSR count). The summed E-state index contributed by atoms with van der Waals surface area (Å²) in [6.07, 6.45) is 5.67. The van der Waals surface area contributed by atoms with Gasteiger partial charge in [0, 0.05) is 24.2 Å². The fourth-order valence-electron chi connectivity index (χ4n) is 2.42. The first-order chi connectivity index (χ1) is 12.0. The molecule has 2 aromatic heterocycles. The lowest BCUT2D eigenvalue weighted by atomic mass is 9.96. The topological polar surface area (TPSA) is 114 Å². The summed E-state index contributed by atoms with van der Waals surface area (Å²) in [7, 11) is 1.50. The number of rotatable bonds is 3. The largest absolute Gasteiger partial charge is 0.391 e. The van der Waals surface area contributed by atoms with Gasteiger partial charge in [-0.3, -0.25) is 0 Å². The van der Waals surface area contributed by atoms with Gasteiger partial charge in [-0.15, -0.1) is 0 Å². The zero-order valence-electron chi connectivity index (χ0n) is 14.3. The molecule has 0 saturated carbocycles. The third-order valence-corrected chi connectivity index (χ3v) is 5.44. The van der Waals surface area contributed by atoms with Crippen molar-refractivity contribution in [2.24, 2.45) is 11.7 Å². The van der Waals surface area contributed by atoms with Gasteiger partial charge < -0.3 is 21.5 Å². The van der Waals surface area contributed by atoms with Crippen molar-refractivity contribution in [3.05, 3.63) is 29.7 Å². The van der Waals surface area contributed by atoms with Crippen LogP contribution in [0.4, 0.5) is 11.6 Å². The van der Waals surface area contributed by atoms with Crippen LogP contribution >= 0.6 is 23.4 Å². The summed E-state index contributed by atoms with van der Waals surface area (Å²) in [6, 6.07) is 1.79. The molecule has 0 bridgehead atoms. The summed E-state index contributed by atoms with van der Waals surface area (Å²) >= 11 is 7.52. The van der Waals surface area contributed by atoms with Crippen molar-refractivity contribution in [3.63, 3.8) is 0 Å². The Balaban J connectivity index is 0.00000109. The molecule has 0 aromatic carbocycles. The second kappa shape index (κ2) is 9.19. The van der Waals surface area contributed by atoms with Crippen LogP contribution in [0.15, 0.2) is 34.6 Å². The molecule has 1 aliphatic rings. The van der Waals surface area contributed by atoms with Gasteiger partial charge in [0.05, 0.1) is 23.5 Å². The summed E-state index contributed by atoms with van der Waals surface area (Å²) in [5, 5.41) is 11.1. The average molecular weight is 383 g/mol. The first-order valence-electron chi connectivity index (χ1n) is 7.95. The average Bonchev–Trinajstić information content (AvgIpc) is 2.64. The third kappa shape index (κ3) is 4.94. The molecule has 2 aromatic rings. The number of β-amino-alcohol motifs (C(OH)–C–C–N with tert-alkyl or cyclic N) is 1. The smallest absolute Gasteiger partial charge is 0.147 e. The van der Waals surface area contributed by atoms with E-state index in [1.54, 1.807) is 24.7 Å². The summed E-state index contributed by atoms with van der Waals surface area (Å²) in [4.78, 5) is 15.7. The zero-order valence-corrected chi connectivity index (χ0v) is 15.8. The second-order valence-corrected chi connectivity index (χ2v) is 7.04. The van der Waals surface area contributed by atoms with E-state index < -0.39 is 0 Å². The zero-order chi connectivity index (χ0) is 18.4. The fraction of sp³-hybridized carbons (Fsp3) is 0.438. The monoisotopic (exact) mass is 382 g/mol. The molecule has 0 radical (unpaired) electrons. The highest BCUT2D eigenvalue weighted by Gasteiger charge is 2.25. The van der Waals surface area contributed by atoms with Crippen molar-refractivity contribution >= 4 is 35.0 Å². The number of nitrogens with zero attached hydrogens (tertiary/aromatic N) is 4. The Kier molecular flexibility index (Phi) is 7.24. The lowest BCUT2D eigenvalue weighted by molar-refractivity contribution is 0.102. The molecule has 0 spiro atoms.